The average molecular weight is 232 g/mol. The molecule has 0 spiro atoms. The predicted molar refractivity (Wildman–Crippen MR) is 64.2 cm³/mol. The molecule has 1 rings (SSSR count). The normalized spacial score (nSPS) is 30.0. The van der Waals surface area contributed by atoms with E-state index < -0.39 is 5.67 Å². The van der Waals surface area contributed by atoms with Crippen molar-refractivity contribution in [2.45, 2.75) is 44.3 Å². The third-order valence-electron chi connectivity index (χ3n) is 3.47. The molecule has 0 aromatic heterocycles. The first-order valence-corrected chi connectivity index (χ1v) is 6.23. The summed E-state index contributed by atoms with van der Waals surface area (Å²) in [6.07, 6.45) is 3.23. The Balaban J connectivity index is 2.58. The first kappa shape index (κ1) is 13.9. The van der Waals surface area contributed by atoms with Gasteiger partial charge in [-0.2, -0.15) is 0 Å². The summed E-state index contributed by atoms with van der Waals surface area (Å²) in [5.41, 5.74) is 4.20. The molecular weight excluding hydrogens is 207 g/mol. The van der Waals surface area contributed by atoms with Crippen LogP contribution in [0.25, 0.3) is 0 Å². The van der Waals surface area contributed by atoms with Gasteiger partial charge in [-0.05, 0) is 44.7 Å². The molecule has 96 valence electrons. The van der Waals surface area contributed by atoms with Crippen molar-refractivity contribution in [3.05, 3.63) is 0 Å². The van der Waals surface area contributed by atoms with Gasteiger partial charge < -0.3 is 15.8 Å². The van der Waals surface area contributed by atoms with Crippen molar-refractivity contribution in [1.82, 2.24) is 5.32 Å². The fraction of sp³-hybridized carbons (Fsp3) is 1.00. The molecule has 1 aliphatic heterocycles. The van der Waals surface area contributed by atoms with E-state index in [0.717, 1.165) is 19.4 Å². The van der Waals surface area contributed by atoms with Crippen molar-refractivity contribution in [3.63, 3.8) is 0 Å². The summed E-state index contributed by atoms with van der Waals surface area (Å²) < 4.78 is 19.8. The fourth-order valence-electron chi connectivity index (χ4n) is 2.48. The van der Waals surface area contributed by atoms with E-state index in [4.69, 9.17) is 10.5 Å². The SMILES string of the molecule is COCC(F)(CCCN)C1CC(C)CCN1. The standard InChI is InChI=1S/C12H25FN2O/c1-10-4-7-15-11(8-10)12(13,9-16-2)5-3-6-14/h10-11,15H,3-9,14H2,1-2H3. The minimum Gasteiger partial charge on any atom is -0.381 e. The van der Waals surface area contributed by atoms with Crippen LogP contribution in [-0.2, 0) is 4.74 Å². The zero-order valence-electron chi connectivity index (χ0n) is 10.5. The number of hydrogen-bond donors (Lipinski definition) is 2. The van der Waals surface area contributed by atoms with Crippen LogP contribution >= 0.6 is 0 Å². The van der Waals surface area contributed by atoms with Gasteiger partial charge in [-0.25, -0.2) is 4.39 Å². The third-order valence-corrected chi connectivity index (χ3v) is 3.47. The molecule has 3 nitrogen and oxygen atoms in total. The van der Waals surface area contributed by atoms with Crippen LogP contribution in [0.4, 0.5) is 4.39 Å². The molecule has 1 saturated heterocycles. The lowest BCUT2D eigenvalue weighted by atomic mass is 9.82. The third kappa shape index (κ3) is 3.68. The van der Waals surface area contributed by atoms with Crippen molar-refractivity contribution in [3.8, 4) is 0 Å². The molecule has 1 heterocycles. The first-order valence-electron chi connectivity index (χ1n) is 6.23. The molecule has 1 aliphatic rings. The second-order valence-corrected chi connectivity index (χ2v) is 5.00. The Morgan fingerprint density at radius 3 is 2.88 bits per heavy atom. The number of piperidine rings is 1. The molecular formula is C12H25FN2O. The number of halogens is 1. The number of nitrogens with two attached hydrogens (primary N) is 1. The number of rotatable bonds is 6. The van der Waals surface area contributed by atoms with E-state index in [-0.39, 0.29) is 12.6 Å². The Labute approximate surface area is 97.9 Å². The van der Waals surface area contributed by atoms with Crippen molar-refractivity contribution in [2.24, 2.45) is 11.7 Å². The molecule has 4 heteroatoms. The maximum atomic E-state index is 14.8. The minimum atomic E-state index is -1.26. The van der Waals surface area contributed by atoms with Crippen LogP contribution in [0.2, 0.25) is 0 Å². The highest BCUT2D eigenvalue weighted by Gasteiger charge is 2.40. The first-order chi connectivity index (χ1) is 7.62. The number of nitrogens with one attached hydrogen (secondary N) is 1. The zero-order chi connectivity index (χ0) is 12.0. The van der Waals surface area contributed by atoms with Crippen LogP contribution in [0.1, 0.15) is 32.6 Å². The van der Waals surface area contributed by atoms with Gasteiger partial charge in [-0.1, -0.05) is 6.92 Å². The van der Waals surface area contributed by atoms with E-state index in [1.54, 1.807) is 7.11 Å². The lowest BCUT2D eigenvalue weighted by Crippen LogP contribution is -2.54. The lowest BCUT2D eigenvalue weighted by molar-refractivity contribution is -0.00863. The predicted octanol–water partition coefficient (Wildman–Crippen LogP) is 1.47. The second kappa shape index (κ2) is 6.52. The Morgan fingerprint density at radius 1 is 1.56 bits per heavy atom. The molecule has 3 unspecified atom stereocenters. The molecule has 3 atom stereocenters. The summed E-state index contributed by atoms with van der Waals surface area (Å²) in [4.78, 5) is 0. The van der Waals surface area contributed by atoms with Gasteiger partial charge in [0, 0.05) is 13.2 Å². The fourth-order valence-corrected chi connectivity index (χ4v) is 2.48. The van der Waals surface area contributed by atoms with E-state index in [2.05, 4.69) is 12.2 Å². The van der Waals surface area contributed by atoms with Gasteiger partial charge in [-0.3, -0.25) is 0 Å². The van der Waals surface area contributed by atoms with Crippen LogP contribution in [-0.4, -0.2) is 38.5 Å². The highest BCUT2D eigenvalue weighted by Crippen LogP contribution is 2.30. The molecule has 0 radical (unpaired) electrons. The van der Waals surface area contributed by atoms with Crippen LogP contribution < -0.4 is 11.1 Å². The average Bonchev–Trinajstić information content (AvgIpc) is 2.27. The summed E-state index contributed by atoms with van der Waals surface area (Å²) >= 11 is 0. The van der Waals surface area contributed by atoms with Gasteiger partial charge in [0.1, 0.15) is 5.67 Å². The van der Waals surface area contributed by atoms with E-state index in [1.165, 1.54) is 0 Å². The molecule has 0 bridgehead atoms. The monoisotopic (exact) mass is 232 g/mol. The van der Waals surface area contributed by atoms with Crippen LogP contribution in [0.5, 0.6) is 0 Å². The van der Waals surface area contributed by atoms with Gasteiger partial charge in [0.05, 0.1) is 6.61 Å². The summed E-state index contributed by atoms with van der Waals surface area (Å²) in [5, 5.41) is 3.29. The summed E-state index contributed by atoms with van der Waals surface area (Å²) in [7, 11) is 1.56. The van der Waals surface area contributed by atoms with Gasteiger partial charge >= 0.3 is 0 Å². The number of hydrogen-bond acceptors (Lipinski definition) is 3. The van der Waals surface area contributed by atoms with Crippen LogP contribution in [0.3, 0.4) is 0 Å². The van der Waals surface area contributed by atoms with Gasteiger partial charge in [0.25, 0.3) is 0 Å². The molecule has 0 aliphatic carbocycles. The highest BCUT2D eigenvalue weighted by molar-refractivity contribution is 4.95. The molecule has 0 amide bonds. The highest BCUT2D eigenvalue weighted by atomic mass is 19.1. The number of ether oxygens (including phenoxy) is 1. The largest absolute Gasteiger partial charge is 0.381 e. The smallest absolute Gasteiger partial charge is 0.149 e. The number of methoxy groups -OCH3 is 1. The molecule has 0 aromatic rings. The van der Waals surface area contributed by atoms with Crippen LogP contribution in [0, 0.1) is 5.92 Å². The van der Waals surface area contributed by atoms with Crippen LogP contribution in [0.15, 0.2) is 0 Å². The minimum absolute atomic E-state index is 0.0808. The Bertz CT molecular complexity index is 203. The van der Waals surface area contributed by atoms with Crippen molar-refractivity contribution < 1.29 is 9.13 Å². The molecule has 0 saturated carbocycles. The van der Waals surface area contributed by atoms with E-state index in [9.17, 15) is 4.39 Å². The van der Waals surface area contributed by atoms with Crippen molar-refractivity contribution in [2.75, 3.05) is 26.8 Å². The van der Waals surface area contributed by atoms with E-state index >= 15 is 0 Å². The van der Waals surface area contributed by atoms with Gasteiger partial charge in [-0.15, -0.1) is 0 Å². The summed E-state index contributed by atoms with van der Waals surface area (Å²) in [6, 6.07) is -0.0808. The van der Waals surface area contributed by atoms with Crippen molar-refractivity contribution >= 4 is 0 Å². The second-order valence-electron chi connectivity index (χ2n) is 5.00. The summed E-state index contributed by atoms with van der Waals surface area (Å²) in [6.45, 7) is 3.79. The lowest BCUT2D eigenvalue weighted by Gasteiger charge is -2.38. The van der Waals surface area contributed by atoms with Gasteiger partial charge in [0.15, 0.2) is 0 Å². The maximum Gasteiger partial charge on any atom is 0.149 e. The molecule has 1 fully saturated rings. The summed E-state index contributed by atoms with van der Waals surface area (Å²) in [5.74, 6) is 0.594. The van der Waals surface area contributed by atoms with Crippen molar-refractivity contribution in [1.29, 1.82) is 0 Å². The zero-order valence-corrected chi connectivity index (χ0v) is 10.5. The molecule has 16 heavy (non-hydrogen) atoms. The van der Waals surface area contributed by atoms with E-state index in [1.807, 2.05) is 0 Å². The Morgan fingerprint density at radius 2 is 2.31 bits per heavy atom. The Kier molecular flexibility index (Phi) is 5.66. The maximum absolute atomic E-state index is 14.8. The van der Waals surface area contributed by atoms with E-state index in [0.29, 0.717) is 25.3 Å². The van der Waals surface area contributed by atoms with Gasteiger partial charge in [0.2, 0.25) is 0 Å². The number of alkyl halides is 1. The topological polar surface area (TPSA) is 47.3 Å². The molecule has 3 N–H and O–H groups in total. The quantitative estimate of drug-likeness (QED) is 0.729. The molecule has 0 aromatic carbocycles. The Hall–Kier alpha value is -0.190.